The van der Waals surface area contributed by atoms with Crippen molar-refractivity contribution in [1.29, 1.82) is 0 Å². The van der Waals surface area contributed by atoms with Crippen LogP contribution in [0.2, 0.25) is 10.2 Å². The molecule has 2 rings (SSSR count). The Kier molecular flexibility index (Phi) is 10.1. The largest absolute Gasteiger partial charge is 0.493 e. The summed E-state index contributed by atoms with van der Waals surface area (Å²) in [7, 11) is 5.20. The number of aromatic nitrogens is 1. The molecular weight excluding hydrogens is 502 g/mol. The molecule has 1 aromatic carbocycles. The molecule has 0 bridgehead atoms. The lowest BCUT2D eigenvalue weighted by molar-refractivity contribution is 0.213. The second kappa shape index (κ2) is 11.5. The highest BCUT2D eigenvalue weighted by atomic mass is 127. The number of ether oxygens (including phenoxy) is 2. The van der Waals surface area contributed by atoms with Crippen LogP contribution in [0.4, 0.5) is 0 Å². The predicted octanol–water partition coefficient (Wildman–Crippen LogP) is 4.09. The molecule has 1 unspecified atom stereocenters. The van der Waals surface area contributed by atoms with Crippen LogP contribution in [0.1, 0.15) is 12.6 Å². The van der Waals surface area contributed by atoms with Gasteiger partial charge in [0.25, 0.3) is 0 Å². The molecule has 0 fully saturated rings. The standard InChI is InChI=1S/C18H24Cl2N4O2.HI/c1-12(26-16-8-6-5-7-15(16)25-4)10-22-18(21-2)23-11-13-9-14(19)17(20)24(13)3;/h5-9,12H,10-11H2,1-4H3,(H2,21,22,23);1H. The van der Waals surface area contributed by atoms with Crippen LogP contribution in [0, 0.1) is 0 Å². The second-order valence-corrected chi connectivity index (χ2v) is 6.48. The van der Waals surface area contributed by atoms with Crippen LogP contribution in [0.25, 0.3) is 0 Å². The zero-order valence-electron chi connectivity index (χ0n) is 15.8. The molecule has 0 amide bonds. The number of halogens is 3. The summed E-state index contributed by atoms with van der Waals surface area (Å²) in [6, 6.07) is 9.39. The first kappa shape index (κ1) is 23.7. The molecule has 150 valence electrons. The topological polar surface area (TPSA) is 59.8 Å². The Hall–Kier alpha value is -1.32. The Morgan fingerprint density at radius 3 is 2.44 bits per heavy atom. The number of methoxy groups -OCH3 is 1. The van der Waals surface area contributed by atoms with Crippen molar-refractivity contribution in [3.8, 4) is 11.5 Å². The van der Waals surface area contributed by atoms with Gasteiger partial charge in [-0.3, -0.25) is 4.99 Å². The smallest absolute Gasteiger partial charge is 0.191 e. The number of para-hydroxylation sites is 2. The third-order valence-corrected chi connectivity index (χ3v) is 4.67. The van der Waals surface area contributed by atoms with Gasteiger partial charge < -0.3 is 24.7 Å². The van der Waals surface area contributed by atoms with Crippen LogP contribution in [0.3, 0.4) is 0 Å². The molecule has 0 radical (unpaired) electrons. The third kappa shape index (κ3) is 6.65. The van der Waals surface area contributed by atoms with Crippen LogP contribution in [-0.2, 0) is 13.6 Å². The fourth-order valence-electron chi connectivity index (χ4n) is 2.37. The first-order chi connectivity index (χ1) is 12.5. The lowest BCUT2D eigenvalue weighted by atomic mass is 10.3. The summed E-state index contributed by atoms with van der Waals surface area (Å²) in [5.74, 6) is 2.08. The summed E-state index contributed by atoms with van der Waals surface area (Å²) in [4.78, 5) is 4.21. The number of benzene rings is 1. The van der Waals surface area contributed by atoms with Gasteiger partial charge in [0.15, 0.2) is 17.5 Å². The van der Waals surface area contributed by atoms with Crippen molar-refractivity contribution in [2.75, 3.05) is 20.7 Å². The quantitative estimate of drug-likeness (QED) is 0.324. The maximum absolute atomic E-state index is 6.08. The van der Waals surface area contributed by atoms with Gasteiger partial charge in [-0.2, -0.15) is 0 Å². The number of aliphatic imine (C=N–C) groups is 1. The Morgan fingerprint density at radius 2 is 1.89 bits per heavy atom. The molecule has 9 heteroatoms. The van der Waals surface area contributed by atoms with E-state index in [-0.39, 0.29) is 30.1 Å². The molecule has 0 saturated heterocycles. The van der Waals surface area contributed by atoms with E-state index in [1.807, 2.05) is 48.9 Å². The average Bonchev–Trinajstić information content (AvgIpc) is 2.89. The van der Waals surface area contributed by atoms with E-state index in [4.69, 9.17) is 32.7 Å². The van der Waals surface area contributed by atoms with Crippen molar-refractivity contribution in [2.24, 2.45) is 12.0 Å². The summed E-state index contributed by atoms with van der Waals surface area (Å²) >= 11 is 12.1. The van der Waals surface area contributed by atoms with Gasteiger partial charge in [-0.15, -0.1) is 24.0 Å². The normalized spacial score (nSPS) is 12.1. The number of hydrogen-bond donors (Lipinski definition) is 2. The summed E-state index contributed by atoms with van der Waals surface area (Å²) < 4.78 is 13.1. The first-order valence-corrected chi connectivity index (χ1v) is 8.95. The molecular formula is C18H25Cl2IN4O2. The minimum Gasteiger partial charge on any atom is -0.493 e. The molecule has 1 aromatic heterocycles. The van der Waals surface area contributed by atoms with Crippen molar-refractivity contribution >= 4 is 53.1 Å². The van der Waals surface area contributed by atoms with Gasteiger partial charge in [0, 0.05) is 19.8 Å². The van der Waals surface area contributed by atoms with Gasteiger partial charge in [0.05, 0.1) is 25.2 Å². The fraction of sp³-hybridized carbons (Fsp3) is 0.389. The van der Waals surface area contributed by atoms with Crippen LogP contribution < -0.4 is 20.1 Å². The monoisotopic (exact) mass is 526 g/mol. The molecule has 27 heavy (non-hydrogen) atoms. The SMILES string of the molecule is CN=C(NCc1cc(Cl)c(Cl)n1C)NCC(C)Oc1ccccc1OC.I. The van der Waals surface area contributed by atoms with E-state index in [9.17, 15) is 0 Å². The van der Waals surface area contributed by atoms with Gasteiger partial charge in [0.1, 0.15) is 11.3 Å². The van der Waals surface area contributed by atoms with Crippen molar-refractivity contribution in [3.63, 3.8) is 0 Å². The first-order valence-electron chi connectivity index (χ1n) is 8.20. The van der Waals surface area contributed by atoms with Gasteiger partial charge in [-0.05, 0) is 25.1 Å². The molecule has 2 aromatic rings. The minimum atomic E-state index is -0.0798. The zero-order chi connectivity index (χ0) is 19.1. The Morgan fingerprint density at radius 1 is 1.22 bits per heavy atom. The van der Waals surface area contributed by atoms with E-state index < -0.39 is 0 Å². The summed E-state index contributed by atoms with van der Waals surface area (Å²) in [5.41, 5.74) is 0.960. The molecule has 1 atom stereocenters. The fourth-order valence-corrected chi connectivity index (χ4v) is 2.78. The lowest BCUT2D eigenvalue weighted by Crippen LogP contribution is -2.41. The highest BCUT2D eigenvalue weighted by Gasteiger charge is 2.11. The Bertz CT molecular complexity index is 768. The van der Waals surface area contributed by atoms with Gasteiger partial charge in [0.2, 0.25) is 0 Å². The molecule has 0 aliphatic carbocycles. The summed E-state index contributed by atoms with van der Waals surface area (Å²) in [6.45, 7) is 3.10. The van der Waals surface area contributed by atoms with E-state index in [0.717, 1.165) is 5.69 Å². The van der Waals surface area contributed by atoms with Crippen LogP contribution in [-0.4, -0.2) is 37.3 Å². The number of hydrogen-bond acceptors (Lipinski definition) is 3. The molecule has 2 N–H and O–H groups in total. The Balaban J connectivity index is 0.00000364. The van der Waals surface area contributed by atoms with E-state index in [1.54, 1.807) is 14.2 Å². The van der Waals surface area contributed by atoms with E-state index in [2.05, 4.69) is 15.6 Å². The number of guanidine groups is 1. The van der Waals surface area contributed by atoms with Crippen LogP contribution in [0.15, 0.2) is 35.3 Å². The molecule has 0 saturated carbocycles. The van der Waals surface area contributed by atoms with Gasteiger partial charge in [-0.1, -0.05) is 35.3 Å². The lowest BCUT2D eigenvalue weighted by Gasteiger charge is -2.19. The molecule has 0 aliphatic rings. The zero-order valence-corrected chi connectivity index (χ0v) is 19.6. The number of nitrogens with zero attached hydrogens (tertiary/aromatic N) is 2. The number of nitrogens with one attached hydrogen (secondary N) is 2. The van der Waals surface area contributed by atoms with Crippen molar-refractivity contribution in [2.45, 2.75) is 19.6 Å². The maximum Gasteiger partial charge on any atom is 0.191 e. The predicted molar refractivity (Wildman–Crippen MR) is 122 cm³/mol. The van der Waals surface area contributed by atoms with Crippen molar-refractivity contribution in [3.05, 3.63) is 46.2 Å². The van der Waals surface area contributed by atoms with Crippen molar-refractivity contribution in [1.82, 2.24) is 15.2 Å². The van der Waals surface area contributed by atoms with Crippen LogP contribution in [0.5, 0.6) is 11.5 Å². The van der Waals surface area contributed by atoms with E-state index in [1.165, 1.54) is 0 Å². The van der Waals surface area contributed by atoms with Gasteiger partial charge in [-0.25, -0.2) is 0 Å². The average molecular weight is 527 g/mol. The second-order valence-electron chi connectivity index (χ2n) is 5.72. The molecule has 0 aliphatic heterocycles. The summed E-state index contributed by atoms with van der Waals surface area (Å²) in [6.07, 6.45) is -0.0798. The molecule has 1 heterocycles. The Labute approximate surface area is 187 Å². The van der Waals surface area contributed by atoms with Crippen molar-refractivity contribution < 1.29 is 9.47 Å². The maximum atomic E-state index is 6.08. The highest BCUT2D eigenvalue weighted by molar-refractivity contribution is 14.0. The summed E-state index contributed by atoms with van der Waals surface area (Å²) in [5, 5.41) is 7.52. The van der Waals surface area contributed by atoms with E-state index >= 15 is 0 Å². The highest BCUT2D eigenvalue weighted by Crippen LogP contribution is 2.26. The van der Waals surface area contributed by atoms with Gasteiger partial charge >= 0.3 is 0 Å². The van der Waals surface area contributed by atoms with E-state index in [0.29, 0.717) is 40.7 Å². The molecule has 6 nitrogen and oxygen atoms in total. The molecule has 0 spiro atoms. The number of rotatable bonds is 7. The minimum absolute atomic E-state index is 0. The third-order valence-electron chi connectivity index (χ3n) is 3.83. The van der Waals surface area contributed by atoms with Crippen LogP contribution >= 0.6 is 47.2 Å².